The molecule has 3 nitrogen and oxygen atoms in total. The zero-order chi connectivity index (χ0) is 14.7. The van der Waals surface area contributed by atoms with Crippen molar-refractivity contribution in [2.75, 3.05) is 11.9 Å². The van der Waals surface area contributed by atoms with Crippen LogP contribution in [0.25, 0.3) is 0 Å². The van der Waals surface area contributed by atoms with Gasteiger partial charge in [0.05, 0.1) is 17.0 Å². The van der Waals surface area contributed by atoms with Crippen molar-refractivity contribution >= 4 is 17.3 Å². The van der Waals surface area contributed by atoms with Gasteiger partial charge in [0.15, 0.2) is 0 Å². The van der Waals surface area contributed by atoms with Gasteiger partial charge in [0.1, 0.15) is 5.76 Å². The Morgan fingerprint density at radius 2 is 2.05 bits per heavy atom. The fourth-order valence-corrected chi connectivity index (χ4v) is 2.75. The van der Waals surface area contributed by atoms with Crippen LogP contribution in [0.1, 0.15) is 23.8 Å². The Kier molecular flexibility index (Phi) is 4.73. The molecule has 0 saturated carbocycles. The summed E-state index contributed by atoms with van der Waals surface area (Å²) < 4.78 is 5.35. The molecule has 4 heteroatoms. The fraction of sp³-hybridized carbons (Fsp3) is 0.375. The van der Waals surface area contributed by atoms with Gasteiger partial charge in [0.25, 0.3) is 0 Å². The first-order chi connectivity index (χ1) is 9.49. The molecule has 0 bridgehead atoms. The SMILES string of the molecule is Cc1occc1CN(C)c1c(Cl)cccc1CC(C)N. The first-order valence-electron chi connectivity index (χ1n) is 6.76. The molecule has 0 aliphatic rings. The number of nitrogens with two attached hydrogens (primary N) is 1. The maximum absolute atomic E-state index is 6.38. The minimum atomic E-state index is 0.108. The van der Waals surface area contributed by atoms with Crippen molar-refractivity contribution in [3.8, 4) is 0 Å². The highest BCUT2D eigenvalue weighted by molar-refractivity contribution is 6.33. The van der Waals surface area contributed by atoms with Gasteiger partial charge in [-0.25, -0.2) is 0 Å². The highest BCUT2D eigenvalue weighted by atomic mass is 35.5. The van der Waals surface area contributed by atoms with E-state index in [1.807, 2.05) is 39.1 Å². The van der Waals surface area contributed by atoms with Crippen molar-refractivity contribution < 1.29 is 4.42 Å². The number of benzene rings is 1. The maximum atomic E-state index is 6.38. The Labute approximate surface area is 125 Å². The molecule has 1 aromatic carbocycles. The van der Waals surface area contributed by atoms with Crippen LogP contribution in [0.4, 0.5) is 5.69 Å². The first kappa shape index (κ1) is 14.9. The van der Waals surface area contributed by atoms with Gasteiger partial charge in [-0.15, -0.1) is 0 Å². The monoisotopic (exact) mass is 292 g/mol. The fourth-order valence-electron chi connectivity index (χ4n) is 2.41. The van der Waals surface area contributed by atoms with E-state index >= 15 is 0 Å². The minimum Gasteiger partial charge on any atom is -0.469 e. The normalized spacial score (nSPS) is 12.4. The molecule has 2 aromatic rings. The largest absolute Gasteiger partial charge is 0.469 e. The van der Waals surface area contributed by atoms with Crippen molar-refractivity contribution in [1.29, 1.82) is 0 Å². The van der Waals surface area contributed by atoms with Crippen LogP contribution < -0.4 is 10.6 Å². The standard InChI is InChI=1S/C16H21ClN2O/c1-11(18)9-13-5-4-6-15(17)16(13)19(3)10-14-7-8-20-12(14)2/h4-8,11H,9-10,18H2,1-3H3. The predicted molar refractivity (Wildman–Crippen MR) is 84.4 cm³/mol. The van der Waals surface area contributed by atoms with Crippen LogP contribution in [0.5, 0.6) is 0 Å². The van der Waals surface area contributed by atoms with Gasteiger partial charge >= 0.3 is 0 Å². The lowest BCUT2D eigenvalue weighted by Crippen LogP contribution is -2.22. The van der Waals surface area contributed by atoms with Crippen LogP contribution in [0.3, 0.4) is 0 Å². The van der Waals surface area contributed by atoms with E-state index < -0.39 is 0 Å². The number of furan rings is 1. The summed E-state index contributed by atoms with van der Waals surface area (Å²) >= 11 is 6.38. The first-order valence-corrected chi connectivity index (χ1v) is 7.14. The molecule has 0 radical (unpaired) electrons. The number of rotatable bonds is 5. The lowest BCUT2D eigenvalue weighted by Gasteiger charge is -2.24. The highest BCUT2D eigenvalue weighted by Crippen LogP contribution is 2.31. The topological polar surface area (TPSA) is 42.4 Å². The summed E-state index contributed by atoms with van der Waals surface area (Å²) in [6.45, 7) is 4.74. The zero-order valence-electron chi connectivity index (χ0n) is 12.2. The summed E-state index contributed by atoms with van der Waals surface area (Å²) in [6, 6.07) is 8.08. The predicted octanol–water partition coefficient (Wildman–Crippen LogP) is 3.77. The molecule has 1 heterocycles. The van der Waals surface area contributed by atoms with Crippen molar-refractivity contribution in [1.82, 2.24) is 0 Å². The second-order valence-electron chi connectivity index (χ2n) is 5.29. The lowest BCUT2D eigenvalue weighted by atomic mass is 10.0. The Balaban J connectivity index is 2.28. The molecule has 2 N–H and O–H groups in total. The molecule has 0 aliphatic carbocycles. The van der Waals surface area contributed by atoms with E-state index in [4.69, 9.17) is 21.8 Å². The number of hydrogen-bond donors (Lipinski definition) is 1. The molecular weight excluding hydrogens is 272 g/mol. The van der Waals surface area contributed by atoms with Crippen molar-refractivity contribution in [2.24, 2.45) is 5.73 Å². The van der Waals surface area contributed by atoms with Crippen LogP contribution in [0, 0.1) is 6.92 Å². The smallest absolute Gasteiger partial charge is 0.105 e. The van der Waals surface area contributed by atoms with Crippen LogP contribution in [0.2, 0.25) is 5.02 Å². The Hall–Kier alpha value is -1.45. The quantitative estimate of drug-likeness (QED) is 0.912. The third kappa shape index (κ3) is 3.35. The summed E-state index contributed by atoms with van der Waals surface area (Å²) in [5, 5.41) is 0.756. The van der Waals surface area contributed by atoms with E-state index in [-0.39, 0.29) is 6.04 Å². The third-order valence-electron chi connectivity index (χ3n) is 3.37. The highest BCUT2D eigenvalue weighted by Gasteiger charge is 2.14. The van der Waals surface area contributed by atoms with Crippen LogP contribution in [-0.2, 0) is 13.0 Å². The lowest BCUT2D eigenvalue weighted by molar-refractivity contribution is 0.529. The number of nitrogens with zero attached hydrogens (tertiary/aromatic N) is 1. The number of hydrogen-bond acceptors (Lipinski definition) is 3. The molecular formula is C16H21ClN2O. The van der Waals surface area contributed by atoms with E-state index in [1.165, 1.54) is 11.1 Å². The van der Waals surface area contributed by atoms with Gasteiger partial charge in [-0.2, -0.15) is 0 Å². The van der Waals surface area contributed by atoms with Crippen LogP contribution in [0.15, 0.2) is 34.9 Å². The van der Waals surface area contributed by atoms with Crippen LogP contribution in [-0.4, -0.2) is 13.1 Å². The van der Waals surface area contributed by atoms with Crippen molar-refractivity contribution in [3.63, 3.8) is 0 Å². The van der Waals surface area contributed by atoms with E-state index in [9.17, 15) is 0 Å². The van der Waals surface area contributed by atoms with Gasteiger partial charge in [0, 0.05) is 25.2 Å². The Morgan fingerprint density at radius 1 is 1.30 bits per heavy atom. The second kappa shape index (κ2) is 6.33. The molecule has 108 valence electrons. The molecule has 20 heavy (non-hydrogen) atoms. The average Bonchev–Trinajstić information content (AvgIpc) is 2.74. The van der Waals surface area contributed by atoms with Gasteiger partial charge in [-0.05, 0) is 38.0 Å². The Bertz CT molecular complexity index is 578. The van der Waals surface area contributed by atoms with Crippen molar-refractivity contribution in [2.45, 2.75) is 32.9 Å². The third-order valence-corrected chi connectivity index (χ3v) is 3.67. The van der Waals surface area contributed by atoms with Crippen LogP contribution >= 0.6 is 11.6 Å². The number of para-hydroxylation sites is 1. The molecule has 0 fully saturated rings. The molecule has 0 saturated heterocycles. The zero-order valence-corrected chi connectivity index (χ0v) is 12.9. The maximum Gasteiger partial charge on any atom is 0.105 e. The molecule has 0 aliphatic heterocycles. The number of halogens is 1. The summed E-state index contributed by atoms with van der Waals surface area (Å²) in [4.78, 5) is 2.15. The second-order valence-corrected chi connectivity index (χ2v) is 5.69. The summed E-state index contributed by atoms with van der Waals surface area (Å²) in [7, 11) is 2.04. The van der Waals surface area contributed by atoms with E-state index in [0.717, 1.165) is 29.4 Å². The Morgan fingerprint density at radius 3 is 2.65 bits per heavy atom. The van der Waals surface area contributed by atoms with E-state index in [0.29, 0.717) is 0 Å². The minimum absolute atomic E-state index is 0.108. The van der Waals surface area contributed by atoms with Gasteiger partial charge < -0.3 is 15.1 Å². The number of anilines is 1. The molecule has 2 rings (SSSR count). The molecule has 1 atom stereocenters. The average molecular weight is 293 g/mol. The molecule has 1 unspecified atom stereocenters. The molecule has 0 amide bonds. The summed E-state index contributed by atoms with van der Waals surface area (Å²) in [5.74, 6) is 0.942. The summed E-state index contributed by atoms with van der Waals surface area (Å²) in [5.41, 5.74) is 9.32. The van der Waals surface area contributed by atoms with Gasteiger partial charge in [-0.3, -0.25) is 0 Å². The van der Waals surface area contributed by atoms with Gasteiger partial charge in [0.2, 0.25) is 0 Å². The molecule has 1 aromatic heterocycles. The van der Waals surface area contributed by atoms with Gasteiger partial charge in [-0.1, -0.05) is 23.7 Å². The summed E-state index contributed by atoms with van der Waals surface area (Å²) in [6.07, 6.45) is 2.53. The van der Waals surface area contributed by atoms with E-state index in [1.54, 1.807) is 6.26 Å². The number of aryl methyl sites for hydroxylation is 1. The van der Waals surface area contributed by atoms with E-state index in [2.05, 4.69) is 11.0 Å². The van der Waals surface area contributed by atoms with Crippen molar-refractivity contribution in [3.05, 3.63) is 52.4 Å². The molecule has 0 spiro atoms.